The molecule has 2 aromatic carbocycles. The first-order valence-corrected chi connectivity index (χ1v) is 8.79. The zero-order valence-electron chi connectivity index (χ0n) is 14.5. The highest BCUT2D eigenvalue weighted by Gasteiger charge is 2.19. The van der Waals surface area contributed by atoms with Gasteiger partial charge in [-0.05, 0) is 42.5 Å². The van der Waals surface area contributed by atoms with E-state index in [1.54, 1.807) is 42.5 Å². The lowest BCUT2D eigenvalue weighted by Gasteiger charge is -2.18. The Hall–Kier alpha value is -3.52. The summed E-state index contributed by atoms with van der Waals surface area (Å²) in [6.07, 6.45) is 1.38. The number of nitrogens with zero attached hydrogens (tertiary/aromatic N) is 1. The molecule has 28 heavy (non-hydrogen) atoms. The smallest absolute Gasteiger partial charge is 0.273 e. The number of hydrogen-bond acceptors (Lipinski definition) is 5. The van der Waals surface area contributed by atoms with Crippen LogP contribution in [0.4, 0.5) is 0 Å². The van der Waals surface area contributed by atoms with Gasteiger partial charge in [0, 0.05) is 16.1 Å². The van der Waals surface area contributed by atoms with Gasteiger partial charge in [-0.2, -0.15) is 5.10 Å². The van der Waals surface area contributed by atoms with E-state index in [-0.39, 0.29) is 5.56 Å². The van der Waals surface area contributed by atoms with Crippen molar-refractivity contribution in [3.8, 4) is 22.8 Å². The van der Waals surface area contributed by atoms with Crippen LogP contribution in [0.1, 0.15) is 20.7 Å². The summed E-state index contributed by atoms with van der Waals surface area (Å²) in [6, 6.07) is 11.6. The average molecular weight is 399 g/mol. The van der Waals surface area contributed by atoms with Crippen molar-refractivity contribution in [1.82, 2.24) is 21.0 Å². The minimum Gasteiger partial charge on any atom is -0.486 e. The first-order chi connectivity index (χ1) is 13.6. The molecule has 3 N–H and O–H groups in total. The lowest BCUT2D eigenvalue weighted by Crippen LogP contribution is -2.41. The molecule has 142 valence electrons. The summed E-state index contributed by atoms with van der Waals surface area (Å²) in [7, 11) is 0. The van der Waals surface area contributed by atoms with Gasteiger partial charge in [0.1, 0.15) is 13.2 Å². The number of ether oxygens (including phenoxy) is 2. The summed E-state index contributed by atoms with van der Waals surface area (Å²) in [5, 5.41) is 7.26. The van der Waals surface area contributed by atoms with Crippen molar-refractivity contribution in [2.24, 2.45) is 0 Å². The fraction of sp³-hybridized carbons (Fsp3) is 0.105. The number of aromatic nitrogens is 2. The largest absolute Gasteiger partial charge is 0.486 e. The number of carbonyl (C=O) groups is 2. The van der Waals surface area contributed by atoms with Crippen LogP contribution in [0, 0.1) is 0 Å². The molecule has 1 aliphatic heterocycles. The molecule has 0 saturated carbocycles. The second-order valence-electron chi connectivity index (χ2n) is 5.93. The molecule has 2 amide bonds. The highest BCUT2D eigenvalue weighted by Crippen LogP contribution is 2.34. The van der Waals surface area contributed by atoms with Crippen LogP contribution in [-0.4, -0.2) is 35.2 Å². The van der Waals surface area contributed by atoms with Crippen LogP contribution < -0.4 is 20.3 Å². The molecule has 1 aromatic heterocycles. The Bertz CT molecular complexity index is 1030. The van der Waals surface area contributed by atoms with E-state index in [0.29, 0.717) is 46.6 Å². The Morgan fingerprint density at radius 1 is 0.964 bits per heavy atom. The molecule has 8 nitrogen and oxygen atoms in total. The lowest BCUT2D eigenvalue weighted by atomic mass is 10.1. The maximum atomic E-state index is 12.5. The first-order valence-electron chi connectivity index (χ1n) is 8.41. The van der Waals surface area contributed by atoms with Crippen LogP contribution in [0.2, 0.25) is 5.02 Å². The Kier molecular flexibility index (Phi) is 4.86. The second kappa shape index (κ2) is 7.61. The molecule has 1 aliphatic rings. The molecule has 0 unspecified atom stereocenters. The van der Waals surface area contributed by atoms with Crippen LogP contribution in [0.5, 0.6) is 11.5 Å². The summed E-state index contributed by atoms with van der Waals surface area (Å²) >= 11 is 5.80. The van der Waals surface area contributed by atoms with Gasteiger partial charge in [-0.3, -0.25) is 25.5 Å². The minimum atomic E-state index is -0.513. The van der Waals surface area contributed by atoms with Gasteiger partial charge in [0.05, 0.1) is 17.5 Å². The van der Waals surface area contributed by atoms with Crippen LogP contribution in [0.3, 0.4) is 0 Å². The number of hydrogen-bond donors (Lipinski definition) is 3. The number of benzene rings is 2. The number of aromatic amines is 1. The molecule has 3 aromatic rings. The molecule has 0 aliphatic carbocycles. The van der Waals surface area contributed by atoms with E-state index in [0.717, 1.165) is 0 Å². The third kappa shape index (κ3) is 3.63. The lowest BCUT2D eigenvalue weighted by molar-refractivity contribution is 0.0847. The number of amides is 2. The van der Waals surface area contributed by atoms with Crippen molar-refractivity contribution in [2.75, 3.05) is 13.2 Å². The molecular weight excluding hydrogens is 384 g/mol. The molecule has 2 heterocycles. The van der Waals surface area contributed by atoms with Gasteiger partial charge in [0.25, 0.3) is 11.8 Å². The topological polar surface area (TPSA) is 105 Å². The van der Waals surface area contributed by atoms with Crippen molar-refractivity contribution in [1.29, 1.82) is 0 Å². The van der Waals surface area contributed by atoms with Crippen molar-refractivity contribution in [3.63, 3.8) is 0 Å². The standard InChI is InChI=1S/C19H15ClN4O4/c20-13-4-1-11(2-5-13)18(25)23-24-19(26)14-10-21-22-17(14)12-3-6-15-16(9-12)28-8-7-27-15/h1-6,9-10H,7-8H2,(H,21,22)(H,23,25)(H,24,26). The molecule has 0 bridgehead atoms. The van der Waals surface area contributed by atoms with E-state index in [2.05, 4.69) is 21.0 Å². The summed E-state index contributed by atoms with van der Waals surface area (Å²) in [5.74, 6) is 0.270. The molecule has 9 heteroatoms. The van der Waals surface area contributed by atoms with Gasteiger partial charge < -0.3 is 9.47 Å². The normalized spacial score (nSPS) is 12.3. The molecule has 0 fully saturated rings. The van der Waals surface area contributed by atoms with Crippen molar-refractivity contribution < 1.29 is 19.1 Å². The fourth-order valence-corrected chi connectivity index (χ4v) is 2.86. The SMILES string of the molecule is O=C(NNC(=O)c1cn[nH]c1-c1ccc2c(c1)OCCO2)c1ccc(Cl)cc1. The van der Waals surface area contributed by atoms with Gasteiger partial charge in [0.2, 0.25) is 0 Å². The van der Waals surface area contributed by atoms with E-state index < -0.39 is 11.8 Å². The number of halogens is 1. The van der Waals surface area contributed by atoms with Crippen LogP contribution >= 0.6 is 11.6 Å². The van der Waals surface area contributed by atoms with E-state index in [4.69, 9.17) is 21.1 Å². The number of nitrogens with one attached hydrogen (secondary N) is 3. The summed E-state index contributed by atoms with van der Waals surface area (Å²) in [4.78, 5) is 24.6. The highest BCUT2D eigenvalue weighted by molar-refractivity contribution is 6.30. The maximum Gasteiger partial charge on any atom is 0.273 e. The minimum absolute atomic E-state index is 0.271. The number of hydrazine groups is 1. The molecule has 0 radical (unpaired) electrons. The van der Waals surface area contributed by atoms with Crippen molar-refractivity contribution in [3.05, 3.63) is 64.8 Å². The van der Waals surface area contributed by atoms with Gasteiger partial charge in [-0.25, -0.2) is 0 Å². The Labute approximate surface area is 164 Å². The molecule has 4 rings (SSSR count). The second-order valence-corrected chi connectivity index (χ2v) is 6.37. The predicted molar refractivity (Wildman–Crippen MR) is 101 cm³/mol. The van der Waals surface area contributed by atoms with E-state index in [1.165, 1.54) is 6.20 Å². The zero-order chi connectivity index (χ0) is 19.5. The predicted octanol–water partition coefficient (Wildman–Crippen LogP) is 2.58. The van der Waals surface area contributed by atoms with Gasteiger partial charge in [-0.15, -0.1) is 0 Å². The molecular formula is C19H15ClN4O4. The maximum absolute atomic E-state index is 12.5. The summed E-state index contributed by atoms with van der Waals surface area (Å²) < 4.78 is 11.1. The number of rotatable bonds is 3. The third-order valence-electron chi connectivity index (χ3n) is 4.11. The van der Waals surface area contributed by atoms with Crippen LogP contribution in [0.15, 0.2) is 48.7 Å². The van der Waals surface area contributed by atoms with Crippen LogP contribution in [0.25, 0.3) is 11.3 Å². The van der Waals surface area contributed by atoms with Crippen LogP contribution in [-0.2, 0) is 0 Å². The van der Waals surface area contributed by atoms with E-state index in [1.807, 2.05) is 0 Å². The monoisotopic (exact) mass is 398 g/mol. The van der Waals surface area contributed by atoms with Gasteiger partial charge in [-0.1, -0.05) is 11.6 Å². The highest BCUT2D eigenvalue weighted by atomic mass is 35.5. The summed E-state index contributed by atoms with van der Waals surface area (Å²) in [6.45, 7) is 0.959. The van der Waals surface area contributed by atoms with Gasteiger partial charge in [0.15, 0.2) is 11.5 Å². The Morgan fingerprint density at radius 3 is 2.46 bits per heavy atom. The third-order valence-corrected chi connectivity index (χ3v) is 4.36. The van der Waals surface area contributed by atoms with E-state index >= 15 is 0 Å². The van der Waals surface area contributed by atoms with Crippen molar-refractivity contribution >= 4 is 23.4 Å². The zero-order valence-corrected chi connectivity index (χ0v) is 15.2. The molecule has 0 atom stereocenters. The molecule has 0 spiro atoms. The fourth-order valence-electron chi connectivity index (χ4n) is 2.73. The Balaban J connectivity index is 1.48. The summed E-state index contributed by atoms with van der Waals surface area (Å²) in [5.41, 5.74) is 6.59. The quantitative estimate of drug-likeness (QED) is 0.588. The first kappa shape index (κ1) is 17.9. The average Bonchev–Trinajstić information content (AvgIpc) is 3.22. The van der Waals surface area contributed by atoms with Crippen molar-refractivity contribution in [2.45, 2.75) is 0 Å². The van der Waals surface area contributed by atoms with E-state index in [9.17, 15) is 9.59 Å². The number of carbonyl (C=O) groups excluding carboxylic acids is 2. The number of H-pyrrole nitrogens is 1. The Morgan fingerprint density at radius 2 is 1.68 bits per heavy atom. The molecule has 0 saturated heterocycles. The number of fused-ring (bicyclic) bond motifs is 1. The van der Waals surface area contributed by atoms with Gasteiger partial charge >= 0.3 is 0 Å².